The highest BCUT2D eigenvalue weighted by atomic mass is 16.5. The van der Waals surface area contributed by atoms with E-state index in [2.05, 4.69) is 11.4 Å². The van der Waals surface area contributed by atoms with Crippen molar-refractivity contribution in [2.24, 2.45) is 0 Å². The number of rotatable bonds is 6. The maximum atomic E-state index is 12.8. The van der Waals surface area contributed by atoms with Gasteiger partial charge in [-0.15, -0.1) is 0 Å². The molecular formula is C20H24N2O3. The number of amides is 1. The second kappa shape index (κ2) is 7.47. The van der Waals surface area contributed by atoms with Crippen molar-refractivity contribution in [1.82, 2.24) is 0 Å². The molecule has 1 amide bonds. The third kappa shape index (κ3) is 3.55. The van der Waals surface area contributed by atoms with Gasteiger partial charge in [-0.05, 0) is 44.0 Å². The van der Waals surface area contributed by atoms with E-state index >= 15 is 0 Å². The van der Waals surface area contributed by atoms with E-state index in [1.807, 2.05) is 55.1 Å². The van der Waals surface area contributed by atoms with Crippen LogP contribution in [0, 0.1) is 0 Å². The Morgan fingerprint density at radius 1 is 1.24 bits per heavy atom. The number of benzene rings is 2. The van der Waals surface area contributed by atoms with Crippen LogP contribution in [0.5, 0.6) is 11.5 Å². The van der Waals surface area contributed by atoms with Crippen LogP contribution in [0.2, 0.25) is 0 Å². The lowest BCUT2D eigenvalue weighted by molar-refractivity contribution is -0.118. The van der Waals surface area contributed by atoms with Crippen LogP contribution >= 0.6 is 0 Å². The molecule has 5 nitrogen and oxygen atoms in total. The summed E-state index contributed by atoms with van der Waals surface area (Å²) in [4.78, 5) is 14.7. The van der Waals surface area contributed by atoms with E-state index in [9.17, 15) is 4.79 Å². The monoisotopic (exact) mass is 340 g/mol. The second-order valence-corrected chi connectivity index (χ2v) is 6.03. The Morgan fingerprint density at radius 3 is 2.80 bits per heavy atom. The zero-order valence-electron chi connectivity index (χ0n) is 14.9. The predicted octanol–water partition coefficient (Wildman–Crippen LogP) is 3.48. The largest absolute Gasteiger partial charge is 0.493 e. The van der Waals surface area contributed by atoms with Crippen molar-refractivity contribution in [2.45, 2.75) is 26.3 Å². The summed E-state index contributed by atoms with van der Waals surface area (Å²) in [6.45, 7) is 5.12. The van der Waals surface area contributed by atoms with Crippen molar-refractivity contribution < 1.29 is 14.3 Å². The molecule has 5 heteroatoms. The van der Waals surface area contributed by atoms with Crippen molar-refractivity contribution in [2.75, 3.05) is 30.5 Å². The van der Waals surface area contributed by atoms with Gasteiger partial charge in [0.1, 0.15) is 6.04 Å². The number of fused-ring (bicyclic) bond motifs is 1. The third-order valence-corrected chi connectivity index (χ3v) is 4.37. The Hall–Kier alpha value is -2.69. The molecule has 0 spiro atoms. The number of methoxy groups -OCH3 is 1. The molecule has 2 aromatic carbocycles. The molecule has 132 valence electrons. The van der Waals surface area contributed by atoms with E-state index in [1.165, 1.54) is 5.56 Å². The van der Waals surface area contributed by atoms with Gasteiger partial charge in [-0.25, -0.2) is 0 Å². The fraction of sp³-hybridized carbons (Fsp3) is 0.350. The maximum Gasteiger partial charge on any atom is 0.249 e. The first kappa shape index (κ1) is 17.1. The Labute approximate surface area is 148 Å². The van der Waals surface area contributed by atoms with E-state index in [1.54, 1.807) is 7.11 Å². The standard InChI is InChI=1S/C20H24N2O3/c1-4-25-18-10-9-16(13-19(18)24-3)21-14(2)20(23)22-12-11-15-7-5-6-8-17(15)22/h5-10,13-14,21H,4,11-12H2,1-3H3/t14-/m0/s1. The average molecular weight is 340 g/mol. The number of hydrogen-bond acceptors (Lipinski definition) is 4. The summed E-state index contributed by atoms with van der Waals surface area (Å²) in [5.74, 6) is 1.42. The first-order valence-electron chi connectivity index (χ1n) is 8.60. The van der Waals surface area contributed by atoms with E-state index in [0.717, 1.165) is 24.3 Å². The van der Waals surface area contributed by atoms with Crippen LogP contribution in [-0.2, 0) is 11.2 Å². The molecule has 1 aliphatic rings. The number of anilines is 2. The fourth-order valence-corrected chi connectivity index (χ4v) is 3.14. The van der Waals surface area contributed by atoms with Crippen LogP contribution in [0.1, 0.15) is 19.4 Å². The van der Waals surface area contributed by atoms with E-state index in [-0.39, 0.29) is 11.9 Å². The first-order valence-corrected chi connectivity index (χ1v) is 8.60. The van der Waals surface area contributed by atoms with Gasteiger partial charge in [0.15, 0.2) is 11.5 Å². The van der Waals surface area contributed by atoms with Crippen molar-refractivity contribution in [1.29, 1.82) is 0 Å². The lowest BCUT2D eigenvalue weighted by Crippen LogP contribution is -2.40. The minimum atomic E-state index is -0.339. The van der Waals surface area contributed by atoms with E-state index < -0.39 is 0 Å². The van der Waals surface area contributed by atoms with Crippen LogP contribution in [0.25, 0.3) is 0 Å². The van der Waals surface area contributed by atoms with Crippen LogP contribution in [0.4, 0.5) is 11.4 Å². The summed E-state index contributed by atoms with van der Waals surface area (Å²) >= 11 is 0. The van der Waals surface area contributed by atoms with Crippen molar-refractivity contribution in [3.05, 3.63) is 48.0 Å². The molecule has 0 fully saturated rings. The zero-order valence-corrected chi connectivity index (χ0v) is 14.9. The Balaban J connectivity index is 1.72. The van der Waals surface area contributed by atoms with Crippen LogP contribution in [-0.4, -0.2) is 32.2 Å². The van der Waals surface area contributed by atoms with Gasteiger partial charge in [0, 0.05) is 24.0 Å². The van der Waals surface area contributed by atoms with Crippen LogP contribution < -0.4 is 19.7 Å². The Kier molecular flexibility index (Phi) is 5.12. The molecule has 1 aliphatic heterocycles. The summed E-state index contributed by atoms with van der Waals surface area (Å²) in [5.41, 5.74) is 3.07. The van der Waals surface area contributed by atoms with Gasteiger partial charge >= 0.3 is 0 Å². The summed E-state index contributed by atoms with van der Waals surface area (Å²) in [5, 5.41) is 3.27. The van der Waals surface area contributed by atoms with Crippen LogP contribution in [0.15, 0.2) is 42.5 Å². The highest BCUT2D eigenvalue weighted by Gasteiger charge is 2.27. The maximum absolute atomic E-state index is 12.8. The average Bonchev–Trinajstić information content (AvgIpc) is 3.06. The second-order valence-electron chi connectivity index (χ2n) is 6.03. The van der Waals surface area contributed by atoms with Gasteiger partial charge in [0.2, 0.25) is 5.91 Å². The molecule has 0 unspecified atom stereocenters. The number of para-hydroxylation sites is 1. The van der Waals surface area contributed by atoms with Gasteiger partial charge in [-0.1, -0.05) is 18.2 Å². The topological polar surface area (TPSA) is 50.8 Å². The van der Waals surface area contributed by atoms with Crippen molar-refractivity contribution in [3.63, 3.8) is 0 Å². The molecule has 25 heavy (non-hydrogen) atoms. The SMILES string of the molecule is CCOc1ccc(N[C@@H](C)C(=O)N2CCc3ccccc32)cc1OC. The number of carbonyl (C=O) groups excluding carboxylic acids is 1. The molecular weight excluding hydrogens is 316 g/mol. The Bertz CT molecular complexity index is 760. The number of nitrogens with one attached hydrogen (secondary N) is 1. The third-order valence-electron chi connectivity index (χ3n) is 4.37. The first-order chi connectivity index (χ1) is 12.1. The Morgan fingerprint density at radius 2 is 2.04 bits per heavy atom. The predicted molar refractivity (Wildman–Crippen MR) is 99.7 cm³/mol. The minimum Gasteiger partial charge on any atom is -0.493 e. The highest BCUT2D eigenvalue weighted by Crippen LogP contribution is 2.31. The summed E-state index contributed by atoms with van der Waals surface area (Å²) in [7, 11) is 1.61. The van der Waals surface area contributed by atoms with Crippen molar-refractivity contribution in [3.8, 4) is 11.5 Å². The molecule has 3 rings (SSSR count). The quantitative estimate of drug-likeness (QED) is 0.875. The van der Waals surface area contributed by atoms with E-state index in [4.69, 9.17) is 9.47 Å². The molecule has 0 bridgehead atoms. The molecule has 0 aliphatic carbocycles. The lowest BCUT2D eigenvalue weighted by Gasteiger charge is -2.23. The zero-order chi connectivity index (χ0) is 17.8. The number of hydrogen-bond donors (Lipinski definition) is 1. The van der Waals surface area contributed by atoms with Gasteiger partial charge in [0.05, 0.1) is 13.7 Å². The molecule has 1 atom stereocenters. The summed E-state index contributed by atoms with van der Waals surface area (Å²) < 4.78 is 10.9. The molecule has 0 saturated heterocycles. The lowest BCUT2D eigenvalue weighted by atomic mass is 10.2. The number of carbonyl (C=O) groups is 1. The van der Waals surface area contributed by atoms with Gasteiger partial charge in [-0.3, -0.25) is 4.79 Å². The fourth-order valence-electron chi connectivity index (χ4n) is 3.14. The molecule has 1 heterocycles. The van der Waals surface area contributed by atoms with Gasteiger partial charge in [-0.2, -0.15) is 0 Å². The summed E-state index contributed by atoms with van der Waals surface area (Å²) in [6.07, 6.45) is 0.908. The van der Waals surface area contributed by atoms with E-state index in [0.29, 0.717) is 18.1 Å². The molecule has 0 aromatic heterocycles. The molecule has 0 radical (unpaired) electrons. The van der Waals surface area contributed by atoms with Gasteiger partial charge < -0.3 is 19.7 Å². The normalized spacial score (nSPS) is 14.0. The summed E-state index contributed by atoms with van der Waals surface area (Å²) in [6, 6.07) is 13.3. The molecule has 1 N–H and O–H groups in total. The van der Waals surface area contributed by atoms with Gasteiger partial charge in [0.25, 0.3) is 0 Å². The molecule has 0 saturated carbocycles. The number of nitrogens with zero attached hydrogens (tertiary/aromatic N) is 1. The highest BCUT2D eigenvalue weighted by molar-refractivity contribution is 6.00. The molecule has 2 aromatic rings. The number of ether oxygens (including phenoxy) is 2. The van der Waals surface area contributed by atoms with Crippen LogP contribution in [0.3, 0.4) is 0 Å². The van der Waals surface area contributed by atoms with Crippen molar-refractivity contribution >= 4 is 17.3 Å². The minimum absolute atomic E-state index is 0.0674. The smallest absolute Gasteiger partial charge is 0.249 e.